The van der Waals surface area contributed by atoms with Gasteiger partial charge in [0.1, 0.15) is 0 Å². The van der Waals surface area contributed by atoms with Gasteiger partial charge >= 0.3 is 23.9 Å². The first-order chi connectivity index (χ1) is 18.7. The minimum Gasteiger partial charge on any atom is -0.478 e. The van der Waals surface area contributed by atoms with E-state index < -0.39 is 23.9 Å². The first kappa shape index (κ1) is 25.7. The molecule has 198 valence electrons. The molecule has 0 bridgehead atoms. The van der Waals surface area contributed by atoms with Crippen molar-refractivity contribution in [2.45, 2.75) is 32.6 Å². The predicted molar refractivity (Wildman–Crippen MR) is 147 cm³/mol. The summed E-state index contributed by atoms with van der Waals surface area (Å²) >= 11 is 0. The van der Waals surface area contributed by atoms with E-state index in [1.54, 1.807) is 12.1 Å². The monoisotopic (exact) mass is 527 g/mol. The smallest absolute Gasteiger partial charge is 0.338 e. The average molecular weight is 528 g/mol. The van der Waals surface area contributed by atoms with Crippen LogP contribution in [0.5, 0.6) is 0 Å². The number of carbonyl (C=O) groups excluding carboxylic acids is 1. The van der Waals surface area contributed by atoms with E-state index in [-0.39, 0.29) is 45.3 Å². The van der Waals surface area contributed by atoms with Gasteiger partial charge in [0, 0.05) is 27.2 Å². The van der Waals surface area contributed by atoms with Crippen molar-refractivity contribution >= 4 is 72.7 Å². The first-order valence-electron chi connectivity index (χ1n) is 12.5. The number of hydrogen-bond acceptors (Lipinski definition) is 6. The number of hydrogen-bond donors (Lipinski definition) is 4. The van der Waals surface area contributed by atoms with Crippen LogP contribution in [0.3, 0.4) is 0 Å². The van der Waals surface area contributed by atoms with Crippen LogP contribution in [-0.4, -0.2) is 45.8 Å². The van der Waals surface area contributed by atoms with Gasteiger partial charge in [-0.3, -0.25) is 0 Å². The molecule has 0 fully saturated rings. The van der Waals surface area contributed by atoms with E-state index in [0.717, 1.165) is 19.3 Å². The van der Waals surface area contributed by atoms with Crippen LogP contribution >= 0.6 is 0 Å². The topological polar surface area (TPSA) is 164 Å². The molecule has 0 radical (unpaired) electrons. The molecule has 5 rings (SSSR count). The second-order valence-corrected chi connectivity index (χ2v) is 9.48. The summed E-state index contributed by atoms with van der Waals surface area (Å²) in [5.41, 5.74) is 6.19. The van der Waals surface area contributed by atoms with Gasteiger partial charge < -0.3 is 25.8 Å². The number of esters is 1. The Morgan fingerprint density at radius 3 is 1.69 bits per heavy atom. The number of ether oxygens (including phenoxy) is 1. The molecule has 0 aliphatic heterocycles. The number of anilines is 1. The van der Waals surface area contributed by atoms with Crippen molar-refractivity contribution in [3.05, 3.63) is 64.7 Å². The van der Waals surface area contributed by atoms with Gasteiger partial charge in [-0.05, 0) is 52.2 Å². The molecule has 5 aromatic carbocycles. The third-order valence-electron chi connectivity index (χ3n) is 7.18. The maximum absolute atomic E-state index is 13.2. The minimum atomic E-state index is -1.29. The minimum absolute atomic E-state index is 0.0185. The van der Waals surface area contributed by atoms with Gasteiger partial charge in [0.05, 0.1) is 28.9 Å². The number of aromatic carboxylic acids is 3. The molecule has 0 unspecified atom stereocenters. The second-order valence-electron chi connectivity index (χ2n) is 9.48. The highest BCUT2D eigenvalue weighted by Gasteiger charge is 2.27. The molecular formula is C30H25NO8. The van der Waals surface area contributed by atoms with Gasteiger partial charge in [0.15, 0.2) is 0 Å². The number of nitrogens with two attached hydrogens (primary N) is 1. The molecule has 0 aromatic heterocycles. The molecule has 0 saturated carbocycles. The van der Waals surface area contributed by atoms with Crippen LogP contribution < -0.4 is 5.73 Å². The third kappa shape index (κ3) is 4.03. The third-order valence-corrected chi connectivity index (χ3v) is 7.18. The highest BCUT2D eigenvalue weighted by atomic mass is 16.5. The van der Waals surface area contributed by atoms with Crippen molar-refractivity contribution < 1.29 is 39.2 Å². The maximum atomic E-state index is 13.2. The van der Waals surface area contributed by atoms with Crippen molar-refractivity contribution in [1.82, 2.24) is 0 Å². The van der Waals surface area contributed by atoms with E-state index in [4.69, 9.17) is 10.5 Å². The summed E-state index contributed by atoms with van der Waals surface area (Å²) < 4.78 is 5.50. The lowest BCUT2D eigenvalue weighted by Crippen LogP contribution is -2.11. The van der Waals surface area contributed by atoms with Crippen LogP contribution in [0.25, 0.3) is 43.1 Å². The zero-order chi connectivity index (χ0) is 28.0. The summed E-state index contributed by atoms with van der Waals surface area (Å²) in [6, 6.07) is 10.1. The zero-order valence-electron chi connectivity index (χ0n) is 21.0. The average Bonchev–Trinajstić information content (AvgIpc) is 2.90. The summed E-state index contributed by atoms with van der Waals surface area (Å²) in [6.07, 6.45) is 3.60. The highest BCUT2D eigenvalue weighted by Crippen LogP contribution is 2.46. The van der Waals surface area contributed by atoms with Crippen LogP contribution in [0.4, 0.5) is 5.69 Å². The summed E-state index contributed by atoms with van der Waals surface area (Å²) in [6.45, 7) is 2.25. The van der Waals surface area contributed by atoms with Gasteiger partial charge in [0.25, 0.3) is 0 Å². The molecule has 39 heavy (non-hydrogen) atoms. The van der Waals surface area contributed by atoms with E-state index in [9.17, 15) is 34.5 Å². The Hall–Kier alpha value is -4.92. The van der Waals surface area contributed by atoms with Crippen LogP contribution in [0, 0.1) is 0 Å². The summed E-state index contributed by atoms with van der Waals surface area (Å²) in [5, 5.41) is 32.6. The molecule has 0 saturated heterocycles. The Bertz CT molecular complexity index is 1820. The van der Waals surface area contributed by atoms with Gasteiger partial charge in [-0.15, -0.1) is 0 Å². The Labute approximate surface area is 221 Å². The first-order valence-corrected chi connectivity index (χ1v) is 12.5. The van der Waals surface area contributed by atoms with Crippen molar-refractivity contribution in [2.24, 2.45) is 0 Å². The number of unbranched alkanes of at least 4 members (excludes halogenated alkanes) is 3. The van der Waals surface area contributed by atoms with E-state index in [1.165, 1.54) is 30.3 Å². The molecular weight excluding hydrogens is 502 g/mol. The van der Waals surface area contributed by atoms with E-state index >= 15 is 0 Å². The van der Waals surface area contributed by atoms with E-state index in [2.05, 4.69) is 6.92 Å². The molecule has 5 N–H and O–H groups in total. The number of rotatable bonds is 9. The second kappa shape index (κ2) is 9.75. The number of benzene rings is 5. The van der Waals surface area contributed by atoms with Gasteiger partial charge in [-0.1, -0.05) is 44.4 Å². The largest absolute Gasteiger partial charge is 0.478 e. The summed E-state index contributed by atoms with van der Waals surface area (Å²) in [5.74, 6) is -4.51. The molecule has 0 atom stereocenters. The lowest BCUT2D eigenvalue weighted by molar-refractivity contribution is 0.0499. The van der Waals surface area contributed by atoms with Crippen molar-refractivity contribution in [3.63, 3.8) is 0 Å². The van der Waals surface area contributed by atoms with Crippen LogP contribution in [0.15, 0.2) is 42.5 Å². The molecule has 9 heteroatoms. The number of fused-ring (bicyclic) bond motifs is 2. The lowest BCUT2D eigenvalue weighted by atomic mass is 9.83. The maximum Gasteiger partial charge on any atom is 0.338 e. The summed E-state index contributed by atoms with van der Waals surface area (Å²) in [7, 11) is 0. The molecule has 5 aromatic rings. The van der Waals surface area contributed by atoms with E-state index in [0.29, 0.717) is 38.7 Å². The van der Waals surface area contributed by atoms with Crippen molar-refractivity contribution in [1.29, 1.82) is 0 Å². The molecule has 0 amide bonds. The quantitative estimate of drug-likeness (QED) is 0.0578. The number of carboxylic acids is 3. The van der Waals surface area contributed by atoms with Crippen LogP contribution in [0.2, 0.25) is 0 Å². The fourth-order valence-corrected chi connectivity index (χ4v) is 5.50. The van der Waals surface area contributed by atoms with Gasteiger partial charge in [-0.25, -0.2) is 19.2 Å². The van der Waals surface area contributed by atoms with E-state index in [1.807, 2.05) is 0 Å². The Morgan fingerprint density at radius 2 is 1.15 bits per heavy atom. The standard InChI is InChI=1S/C30H25NO8/c1-2-3-4-5-12-39-30(38)20-13-21(31)25-16-8-11-18(28(34)35)23-17(27(32)33)9-6-14(22(16)23)15-7-10-19(29(36)37)24(20)26(15)25/h6-11,13H,2-5,12,31H2,1H3,(H,32,33)(H,34,35)(H,36,37). The summed E-state index contributed by atoms with van der Waals surface area (Å²) in [4.78, 5) is 49.7. The zero-order valence-corrected chi connectivity index (χ0v) is 21.0. The Morgan fingerprint density at radius 1 is 0.641 bits per heavy atom. The molecule has 0 spiro atoms. The molecule has 9 nitrogen and oxygen atoms in total. The van der Waals surface area contributed by atoms with Crippen LogP contribution in [0.1, 0.15) is 74.0 Å². The Kier molecular flexibility index (Phi) is 6.43. The fraction of sp³-hybridized carbons (Fsp3) is 0.200. The molecule has 0 heterocycles. The van der Waals surface area contributed by atoms with Crippen molar-refractivity contribution in [3.8, 4) is 0 Å². The number of carbonyl (C=O) groups is 4. The normalized spacial score (nSPS) is 11.5. The van der Waals surface area contributed by atoms with Gasteiger partial charge in [0.2, 0.25) is 0 Å². The van der Waals surface area contributed by atoms with Crippen molar-refractivity contribution in [2.75, 3.05) is 12.3 Å². The molecule has 0 aliphatic carbocycles. The predicted octanol–water partition coefficient (Wildman–Crippen LogP) is 6.15. The number of carboxylic acid groups (broad SMARTS) is 3. The SMILES string of the molecule is CCCCCCOC(=O)c1cc(N)c2c3ccc(C(=O)O)c4c(C(=O)O)ccc(c5ccc(C(=O)O)c1c52)c43. The lowest BCUT2D eigenvalue weighted by Gasteiger charge is -2.20. The number of nitrogen functional groups attached to an aromatic ring is 1. The van der Waals surface area contributed by atoms with Crippen LogP contribution in [-0.2, 0) is 4.74 Å². The highest BCUT2D eigenvalue weighted by molar-refractivity contribution is 6.39. The Balaban J connectivity index is 1.90. The van der Waals surface area contributed by atoms with Gasteiger partial charge in [-0.2, -0.15) is 0 Å². The fourth-order valence-electron chi connectivity index (χ4n) is 5.50. The molecule has 0 aliphatic rings.